The summed E-state index contributed by atoms with van der Waals surface area (Å²) in [6.07, 6.45) is 4.20. The molecule has 1 saturated carbocycles. The maximum Gasteiger partial charge on any atom is 0.294 e. The van der Waals surface area contributed by atoms with Gasteiger partial charge in [-0.3, -0.25) is 4.79 Å². The third-order valence-corrected chi connectivity index (χ3v) is 2.59. The number of ether oxygens (including phenoxy) is 1. The van der Waals surface area contributed by atoms with Gasteiger partial charge in [-0.1, -0.05) is 0 Å². The SMILES string of the molecule is O=COC1(Br)CCCC1. The highest BCUT2D eigenvalue weighted by Crippen LogP contribution is 2.37. The molecule has 0 aromatic rings. The fourth-order valence-corrected chi connectivity index (χ4v) is 1.74. The summed E-state index contributed by atoms with van der Waals surface area (Å²) in [5.41, 5.74) is 0. The molecule has 1 rings (SSSR count). The first kappa shape index (κ1) is 7.06. The molecule has 0 unspecified atom stereocenters. The molecule has 3 heteroatoms. The number of carbonyl (C=O) groups excluding carboxylic acids is 1. The van der Waals surface area contributed by atoms with Crippen LogP contribution in [0.1, 0.15) is 25.7 Å². The van der Waals surface area contributed by atoms with Gasteiger partial charge in [0.2, 0.25) is 0 Å². The zero-order valence-corrected chi connectivity index (χ0v) is 6.69. The van der Waals surface area contributed by atoms with Crippen LogP contribution in [0.3, 0.4) is 0 Å². The van der Waals surface area contributed by atoms with Gasteiger partial charge in [-0.05, 0) is 41.6 Å². The van der Waals surface area contributed by atoms with E-state index >= 15 is 0 Å². The van der Waals surface area contributed by atoms with Gasteiger partial charge in [-0.15, -0.1) is 0 Å². The minimum Gasteiger partial charge on any atom is -0.450 e. The van der Waals surface area contributed by atoms with Gasteiger partial charge in [0.25, 0.3) is 6.47 Å². The summed E-state index contributed by atoms with van der Waals surface area (Å²) in [6.45, 7) is 0.514. The molecule has 0 aromatic carbocycles. The highest BCUT2D eigenvalue weighted by molar-refractivity contribution is 9.10. The predicted molar refractivity (Wildman–Crippen MR) is 37.3 cm³/mol. The Morgan fingerprint density at radius 3 is 2.44 bits per heavy atom. The number of halogens is 1. The largest absolute Gasteiger partial charge is 0.450 e. The fraction of sp³-hybridized carbons (Fsp3) is 0.833. The van der Waals surface area contributed by atoms with Gasteiger partial charge in [-0.2, -0.15) is 0 Å². The Morgan fingerprint density at radius 1 is 1.44 bits per heavy atom. The van der Waals surface area contributed by atoms with Crippen LogP contribution in [0.15, 0.2) is 0 Å². The quantitative estimate of drug-likeness (QED) is 0.493. The Labute approximate surface area is 62.7 Å². The lowest BCUT2D eigenvalue weighted by Gasteiger charge is -2.17. The molecular weight excluding hydrogens is 184 g/mol. The van der Waals surface area contributed by atoms with Gasteiger partial charge in [-0.25, -0.2) is 0 Å². The van der Waals surface area contributed by atoms with Gasteiger partial charge in [0.1, 0.15) is 0 Å². The van der Waals surface area contributed by atoms with Crippen LogP contribution in [0, 0.1) is 0 Å². The van der Waals surface area contributed by atoms with Crippen molar-refractivity contribution in [1.29, 1.82) is 0 Å². The van der Waals surface area contributed by atoms with E-state index < -0.39 is 0 Å². The van der Waals surface area contributed by atoms with Gasteiger partial charge < -0.3 is 4.74 Å². The molecule has 0 bridgehead atoms. The van der Waals surface area contributed by atoms with Crippen LogP contribution in [0.2, 0.25) is 0 Å². The molecule has 1 fully saturated rings. The number of rotatable bonds is 2. The molecule has 0 aliphatic heterocycles. The first-order chi connectivity index (χ1) is 4.27. The standard InChI is InChI=1S/C6H9BrO2/c7-6(9-5-8)3-1-2-4-6/h5H,1-4H2. The first-order valence-electron chi connectivity index (χ1n) is 3.07. The van der Waals surface area contributed by atoms with Crippen molar-refractivity contribution in [2.24, 2.45) is 0 Å². The molecule has 0 radical (unpaired) electrons. The molecule has 52 valence electrons. The minimum absolute atomic E-state index is 0.311. The van der Waals surface area contributed by atoms with E-state index in [1.54, 1.807) is 0 Å². The maximum atomic E-state index is 9.91. The molecule has 0 N–H and O–H groups in total. The molecule has 0 atom stereocenters. The zero-order valence-electron chi connectivity index (χ0n) is 5.10. The van der Waals surface area contributed by atoms with E-state index in [1.165, 1.54) is 0 Å². The Bertz CT molecular complexity index is 108. The van der Waals surface area contributed by atoms with E-state index in [0.29, 0.717) is 6.47 Å². The molecular formula is C6H9BrO2. The van der Waals surface area contributed by atoms with Gasteiger partial charge in [0.05, 0.1) is 0 Å². The number of alkyl halides is 1. The number of carbonyl (C=O) groups is 1. The van der Waals surface area contributed by atoms with E-state index in [0.717, 1.165) is 25.7 Å². The van der Waals surface area contributed by atoms with E-state index in [1.807, 2.05) is 0 Å². The summed E-state index contributed by atoms with van der Waals surface area (Å²) >= 11 is 3.35. The average Bonchev–Trinajstić information content (AvgIpc) is 2.16. The van der Waals surface area contributed by atoms with Crippen molar-refractivity contribution < 1.29 is 9.53 Å². The summed E-state index contributed by atoms with van der Waals surface area (Å²) in [5, 5.41) is 0. The van der Waals surface area contributed by atoms with Crippen LogP contribution in [-0.4, -0.2) is 11.0 Å². The maximum absolute atomic E-state index is 9.91. The van der Waals surface area contributed by atoms with Crippen LogP contribution < -0.4 is 0 Å². The molecule has 1 aliphatic rings. The van der Waals surface area contributed by atoms with Crippen LogP contribution in [0.25, 0.3) is 0 Å². The molecule has 9 heavy (non-hydrogen) atoms. The lowest BCUT2D eigenvalue weighted by atomic mass is 10.3. The summed E-state index contributed by atoms with van der Waals surface area (Å²) in [4.78, 5) is 9.91. The van der Waals surface area contributed by atoms with E-state index in [9.17, 15) is 4.79 Å². The van der Waals surface area contributed by atoms with Crippen molar-refractivity contribution >= 4 is 22.4 Å². The Morgan fingerprint density at radius 2 is 2.00 bits per heavy atom. The zero-order chi connectivity index (χ0) is 6.74. The van der Waals surface area contributed by atoms with Crippen LogP contribution in [-0.2, 0) is 9.53 Å². The van der Waals surface area contributed by atoms with Crippen molar-refractivity contribution in [3.8, 4) is 0 Å². The lowest BCUT2D eigenvalue weighted by molar-refractivity contribution is -0.134. The topological polar surface area (TPSA) is 26.3 Å². The van der Waals surface area contributed by atoms with Crippen LogP contribution in [0.5, 0.6) is 0 Å². The summed E-state index contributed by atoms with van der Waals surface area (Å²) < 4.78 is 4.52. The second-order valence-electron chi connectivity index (χ2n) is 2.30. The van der Waals surface area contributed by atoms with E-state index in [4.69, 9.17) is 4.74 Å². The Kier molecular flexibility index (Phi) is 2.11. The van der Waals surface area contributed by atoms with Crippen molar-refractivity contribution in [1.82, 2.24) is 0 Å². The smallest absolute Gasteiger partial charge is 0.294 e. The van der Waals surface area contributed by atoms with Crippen LogP contribution in [0.4, 0.5) is 0 Å². The Hall–Kier alpha value is -0.0500. The molecule has 0 saturated heterocycles. The predicted octanol–water partition coefficient (Wildman–Crippen LogP) is 1.82. The van der Waals surface area contributed by atoms with Crippen molar-refractivity contribution in [3.63, 3.8) is 0 Å². The van der Waals surface area contributed by atoms with Crippen molar-refractivity contribution in [2.75, 3.05) is 0 Å². The van der Waals surface area contributed by atoms with Gasteiger partial charge in [0, 0.05) is 0 Å². The summed E-state index contributed by atoms with van der Waals surface area (Å²) in [6, 6.07) is 0. The second-order valence-corrected chi connectivity index (χ2v) is 3.75. The Balaban J connectivity index is 2.40. The minimum atomic E-state index is -0.311. The molecule has 0 heterocycles. The summed E-state index contributed by atoms with van der Waals surface area (Å²) in [5.74, 6) is 0. The van der Waals surface area contributed by atoms with E-state index in [2.05, 4.69) is 15.9 Å². The van der Waals surface area contributed by atoms with Gasteiger partial charge >= 0.3 is 0 Å². The average molecular weight is 193 g/mol. The first-order valence-corrected chi connectivity index (χ1v) is 3.86. The molecule has 2 nitrogen and oxygen atoms in total. The molecule has 0 aromatic heterocycles. The fourth-order valence-electron chi connectivity index (χ4n) is 1.11. The third-order valence-electron chi connectivity index (χ3n) is 1.61. The highest BCUT2D eigenvalue weighted by Gasteiger charge is 2.31. The highest BCUT2D eigenvalue weighted by atomic mass is 79.9. The summed E-state index contributed by atoms with van der Waals surface area (Å²) in [7, 11) is 0. The third kappa shape index (κ3) is 1.68. The van der Waals surface area contributed by atoms with Gasteiger partial charge in [0.15, 0.2) is 4.51 Å². The van der Waals surface area contributed by atoms with Crippen molar-refractivity contribution in [3.05, 3.63) is 0 Å². The normalized spacial score (nSPS) is 23.7. The van der Waals surface area contributed by atoms with Crippen molar-refractivity contribution in [2.45, 2.75) is 30.2 Å². The van der Waals surface area contributed by atoms with E-state index in [-0.39, 0.29) is 4.51 Å². The second kappa shape index (κ2) is 2.69. The molecule has 0 spiro atoms. The lowest BCUT2D eigenvalue weighted by Crippen LogP contribution is -2.18. The monoisotopic (exact) mass is 192 g/mol. The number of hydrogen-bond acceptors (Lipinski definition) is 2. The van der Waals surface area contributed by atoms with Crippen LogP contribution >= 0.6 is 15.9 Å². The molecule has 1 aliphatic carbocycles. The molecule has 0 amide bonds. The number of hydrogen-bond donors (Lipinski definition) is 0.